The van der Waals surface area contributed by atoms with Crippen LogP contribution in [0.3, 0.4) is 0 Å². The topological polar surface area (TPSA) is 0 Å². The van der Waals surface area contributed by atoms with Crippen molar-refractivity contribution in [1.29, 1.82) is 0 Å². The molecule has 0 aliphatic heterocycles. The number of allylic oxidation sites excluding steroid dienone is 1. The fourth-order valence-corrected chi connectivity index (χ4v) is 3.64. The molecule has 0 unspecified atom stereocenters. The molecule has 2 saturated carbocycles. The minimum absolute atomic E-state index is 0.698. The molecule has 0 nitrogen and oxygen atoms in total. The molecule has 2 fully saturated rings. The Morgan fingerprint density at radius 3 is 2.47 bits per heavy atom. The van der Waals surface area contributed by atoms with E-state index >= 15 is 0 Å². The molecule has 1 aromatic rings. The van der Waals surface area contributed by atoms with Gasteiger partial charge in [-0.2, -0.15) is 0 Å². The zero-order valence-electron chi connectivity index (χ0n) is 11.6. The van der Waals surface area contributed by atoms with E-state index in [0.717, 1.165) is 11.8 Å². The molecule has 19 heavy (non-hydrogen) atoms. The van der Waals surface area contributed by atoms with Gasteiger partial charge in [-0.25, -0.2) is 0 Å². The van der Waals surface area contributed by atoms with Crippen molar-refractivity contribution in [2.75, 3.05) is 5.88 Å². The highest BCUT2D eigenvalue weighted by Gasteiger charge is 2.25. The number of hydrogen-bond acceptors (Lipinski definition) is 0. The maximum atomic E-state index is 6.23. The highest BCUT2D eigenvalue weighted by molar-refractivity contribution is 6.19. The van der Waals surface area contributed by atoms with Crippen LogP contribution in [0.25, 0.3) is 6.08 Å². The lowest BCUT2D eigenvalue weighted by Crippen LogP contribution is -2.10. The van der Waals surface area contributed by atoms with Crippen molar-refractivity contribution >= 4 is 17.7 Å². The van der Waals surface area contributed by atoms with E-state index in [1.54, 1.807) is 5.56 Å². The summed E-state index contributed by atoms with van der Waals surface area (Å²) in [6, 6.07) is 8.90. The Kier molecular flexibility index (Phi) is 4.28. The molecule has 0 amide bonds. The Morgan fingerprint density at radius 1 is 1.05 bits per heavy atom. The summed E-state index contributed by atoms with van der Waals surface area (Å²) in [5, 5.41) is 0. The molecule has 3 rings (SSSR count). The molecule has 0 atom stereocenters. The number of rotatable bonds is 4. The predicted molar refractivity (Wildman–Crippen MR) is 83.7 cm³/mol. The second-order valence-electron chi connectivity index (χ2n) is 6.09. The van der Waals surface area contributed by atoms with Crippen LogP contribution in [0.5, 0.6) is 0 Å². The largest absolute Gasteiger partial charge is 0.122 e. The molecular weight excluding hydrogens is 252 g/mol. The van der Waals surface area contributed by atoms with Crippen molar-refractivity contribution in [2.45, 2.75) is 50.9 Å². The zero-order valence-corrected chi connectivity index (χ0v) is 12.3. The second-order valence-corrected chi connectivity index (χ2v) is 6.36. The zero-order chi connectivity index (χ0) is 13.1. The Bertz CT molecular complexity index is 451. The molecule has 1 heteroatoms. The van der Waals surface area contributed by atoms with Crippen LogP contribution in [0.1, 0.15) is 62.0 Å². The van der Waals surface area contributed by atoms with E-state index in [1.165, 1.54) is 56.1 Å². The summed E-state index contributed by atoms with van der Waals surface area (Å²) in [6.07, 6.45) is 12.0. The maximum Gasteiger partial charge on any atom is 0.0439 e. The fourth-order valence-electron chi connectivity index (χ4n) is 3.35. The Hall–Kier alpha value is -0.750. The van der Waals surface area contributed by atoms with Crippen molar-refractivity contribution in [2.24, 2.45) is 5.92 Å². The van der Waals surface area contributed by atoms with Crippen LogP contribution in [0.15, 0.2) is 29.8 Å². The van der Waals surface area contributed by atoms with Gasteiger partial charge in [-0.15, -0.1) is 11.6 Å². The first kappa shape index (κ1) is 13.2. The lowest BCUT2D eigenvalue weighted by atomic mass is 9.83. The van der Waals surface area contributed by atoms with E-state index in [-0.39, 0.29) is 0 Å². The van der Waals surface area contributed by atoms with Gasteiger partial charge in [0.05, 0.1) is 0 Å². The number of benzene rings is 1. The summed E-state index contributed by atoms with van der Waals surface area (Å²) in [5.41, 5.74) is 4.43. The van der Waals surface area contributed by atoms with Crippen LogP contribution in [0.2, 0.25) is 0 Å². The smallest absolute Gasteiger partial charge is 0.0439 e. The standard InChI is InChI=1S/C18H23Cl/c19-13-17(14-6-2-1-3-7-14)12-16-8-4-5-9-18(16)15-10-11-15/h4-5,8-9,12,14-15H,1-3,6-7,10-11,13H2. The van der Waals surface area contributed by atoms with Crippen LogP contribution in [-0.2, 0) is 0 Å². The number of alkyl halides is 1. The third kappa shape index (κ3) is 3.23. The first-order valence-electron chi connectivity index (χ1n) is 7.74. The van der Waals surface area contributed by atoms with Gasteiger partial charge in [-0.3, -0.25) is 0 Å². The molecule has 0 N–H and O–H groups in total. The van der Waals surface area contributed by atoms with Gasteiger partial charge in [0.15, 0.2) is 0 Å². The van der Waals surface area contributed by atoms with Crippen molar-refractivity contribution in [1.82, 2.24) is 0 Å². The van der Waals surface area contributed by atoms with Gasteiger partial charge in [0, 0.05) is 5.88 Å². The molecule has 0 spiro atoms. The summed E-state index contributed by atoms with van der Waals surface area (Å²) in [6.45, 7) is 0. The highest BCUT2D eigenvalue weighted by Crippen LogP contribution is 2.42. The minimum Gasteiger partial charge on any atom is -0.122 e. The van der Waals surface area contributed by atoms with Gasteiger partial charge >= 0.3 is 0 Å². The molecule has 0 aromatic heterocycles. The molecule has 0 saturated heterocycles. The summed E-state index contributed by atoms with van der Waals surface area (Å²) < 4.78 is 0. The molecule has 2 aliphatic carbocycles. The van der Waals surface area contributed by atoms with Crippen LogP contribution in [0.4, 0.5) is 0 Å². The molecular formula is C18H23Cl. The average molecular weight is 275 g/mol. The fraction of sp³-hybridized carbons (Fsp3) is 0.556. The molecule has 1 aromatic carbocycles. The van der Waals surface area contributed by atoms with Gasteiger partial charge < -0.3 is 0 Å². The van der Waals surface area contributed by atoms with E-state index in [9.17, 15) is 0 Å². The van der Waals surface area contributed by atoms with Crippen LogP contribution >= 0.6 is 11.6 Å². The third-order valence-corrected chi connectivity index (χ3v) is 4.95. The second kappa shape index (κ2) is 6.13. The van der Waals surface area contributed by atoms with E-state index in [4.69, 9.17) is 11.6 Å². The summed E-state index contributed by atoms with van der Waals surface area (Å²) in [7, 11) is 0. The van der Waals surface area contributed by atoms with Crippen LogP contribution in [-0.4, -0.2) is 5.88 Å². The van der Waals surface area contributed by atoms with Crippen LogP contribution < -0.4 is 0 Å². The predicted octanol–water partition coefficient (Wildman–Crippen LogP) is 5.77. The van der Waals surface area contributed by atoms with Gasteiger partial charge in [-0.1, -0.05) is 55.2 Å². The number of hydrogen-bond donors (Lipinski definition) is 0. The summed E-state index contributed by atoms with van der Waals surface area (Å²) in [5.74, 6) is 2.25. The van der Waals surface area contributed by atoms with E-state index < -0.39 is 0 Å². The van der Waals surface area contributed by atoms with E-state index in [0.29, 0.717) is 5.88 Å². The Morgan fingerprint density at radius 2 is 1.79 bits per heavy atom. The maximum absolute atomic E-state index is 6.23. The SMILES string of the molecule is ClCC(=Cc1ccccc1C1CC1)C1CCCCC1. The Labute approximate surface area is 121 Å². The van der Waals surface area contributed by atoms with Gasteiger partial charge in [0.25, 0.3) is 0 Å². The first-order valence-corrected chi connectivity index (χ1v) is 8.27. The normalized spacial score (nSPS) is 21.6. The molecule has 0 bridgehead atoms. The van der Waals surface area contributed by atoms with E-state index in [1.807, 2.05) is 0 Å². The monoisotopic (exact) mass is 274 g/mol. The van der Waals surface area contributed by atoms with Crippen LogP contribution in [0, 0.1) is 5.92 Å². The quantitative estimate of drug-likeness (QED) is 0.612. The lowest BCUT2D eigenvalue weighted by Gasteiger charge is -2.23. The molecule has 102 valence electrons. The van der Waals surface area contributed by atoms with Crippen molar-refractivity contribution < 1.29 is 0 Å². The van der Waals surface area contributed by atoms with Gasteiger partial charge in [-0.05, 0) is 48.6 Å². The lowest BCUT2D eigenvalue weighted by molar-refractivity contribution is 0.405. The molecule has 0 heterocycles. The highest BCUT2D eigenvalue weighted by atomic mass is 35.5. The van der Waals surface area contributed by atoms with Crippen molar-refractivity contribution in [3.63, 3.8) is 0 Å². The summed E-state index contributed by atoms with van der Waals surface area (Å²) >= 11 is 6.23. The minimum atomic E-state index is 0.698. The van der Waals surface area contributed by atoms with Gasteiger partial charge in [0.2, 0.25) is 0 Å². The van der Waals surface area contributed by atoms with E-state index in [2.05, 4.69) is 30.3 Å². The van der Waals surface area contributed by atoms with Crippen molar-refractivity contribution in [3.05, 3.63) is 41.0 Å². The van der Waals surface area contributed by atoms with Crippen molar-refractivity contribution in [3.8, 4) is 0 Å². The summed E-state index contributed by atoms with van der Waals surface area (Å²) in [4.78, 5) is 0. The average Bonchev–Trinajstić information content (AvgIpc) is 3.31. The molecule has 2 aliphatic rings. The molecule has 0 radical (unpaired) electrons. The number of halogens is 1. The third-order valence-electron chi connectivity index (χ3n) is 4.64. The van der Waals surface area contributed by atoms with Gasteiger partial charge in [0.1, 0.15) is 0 Å². The Balaban J connectivity index is 1.85. The first-order chi connectivity index (χ1) is 9.38.